The predicted molar refractivity (Wildman–Crippen MR) is 102 cm³/mol. The van der Waals surface area contributed by atoms with Gasteiger partial charge >= 0.3 is 0 Å². The lowest BCUT2D eigenvalue weighted by atomic mass is 10.1. The second kappa shape index (κ2) is 7.62. The molecular formula is C19H32O2SSi. The topological polar surface area (TPSA) is 26.3 Å². The third-order valence-electron chi connectivity index (χ3n) is 5.97. The molecule has 0 bridgehead atoms. The van der Waals surface area contributed by atoms with E-state index in [1.807, 2.05) is 17.5 Å². The molecule has 2 atom stereocenters. The fourth-order valence-electron chi connectivity index (χ4n) is 4.73. The molecule has 0 unspecified atom stereocenters. The predicted octanol–water partition coefficient (Wildman–Crippen LogP) is 6.16. The summed E-state index contributed by atoms with van der Waals surface area (Å²) in [5.74, 6) is 0.188. The third-order valence-corrected chi connectivity index (χ3v) is 14.5. The molecule has 2 heterocycles. The number of Topliss-reactive ketones (excluding diaryl/α,β-unsaturated/α-hetero) is 1. The van der Waals surface area contributed by atoms with Crippen molar-refractivity contribution in [1.82, 2.24) is 0 Å². The Morgan fingerprint density at radius 1 is 1.17 bits per heavy atom. The lowest BCUT2D eigenvalue weighted by Gasteiger charge is -2.44. The monoisotopic (exact) mass is 352 g/mol. The van der Waals surface area contributed by atoms with Gasteiger partial charge in [0.05, 0.1) is 19.1 Å². The van der Waals surface area contributed by atoms with E-state index in [1.54, 1.807) is 0 Å². The zero-order chi connectivity index (χ0) is 17.2. The molecule has 2 rings (SSSR count). The molecule has 0 spiro atoms. The first kappa shape index (κ1) is 18.9. The minimum atomic E-state index is -1.46. The van der Waals surface area contributed by atoms with Crippen molar-refractivity contribution >= 4 is 25.2 Å². The van der Waals surface area contributed by atoms with Crippen LogP contribution in [0.2, 0.25) is 22.7 Å². The fourth-order valence-corrected chi connectivity index (χ4v) is 11.9. The molecule has 1 aliphatic rings. The summed E-state index contributed by atoms with van der Waals surface area (Å²) in [5.41, 5.74) is 2.24. The van der Waals surface area contributed by atoms with Gasteiger partial charge in [0.25, 0.3) is 0 Å². The third kappa shape index (κ3) is 3.80. The van der Waals surface area contributed by atoms with E-state index < -0.39 is 8.07 Å². The van der Waals surface area contributed by atoms with Gasteiger partial charge in [-0.25, -0.2) is 0 Å². The smallest absolute Gasteiger partial charge is 0.201 e. The normalized spacial score (nSPS) is 22.5. The Bertz CT molecular complexity index is 486. The van der Waals surface area contributed by atoms with Gasteiger partial charge in [-0.3, -0.25) is 4.79 Å². The van der Waals surface area contributed by atoms with Gasteiger partial charge in [-0.05, 0) is 30.3 Å². The summed E-state index contributed by atoms with van der Waals surface area (Å²) in [4.78, 5) is 13.4. The van der Waals surface area contributed by atoms with Crippen LogP contribution in [-0.4, -0.2) is 26.1 Å². The van der Waals surface area contributed by atoms with E-state index in [0.29, 0.717) is 0 Å². The Labute approximate surface area is 146 Å². The van der Waals surface area contributed by atoms with E-state index in [0.717, 1.165) is 34.3 Å². The molecule has 130 valence electrons. The highest BCUT2D eigenvalue weighted by Gasteiger charge is 2.46. The van der Waals surface area contributed by atoms with E-state index in [4.69, 9.17) is 4.74 Å². The molecular weight excluding hydrogens is 320 g/mol. The van der Waals surface area contributed by atoms with Crippen molar-refractivity contribution in [3.63, 3.8) is 0 Å². The number of hydrogen-bond donors (Lipinski definition) is 0. The van der Waals surface area contributed by atoms with Crippen LogP contribution >= 0.6 is 11.3 Å². The van der Waals surface area contributed by atoms with E-state index in [2.05, 4.69) is 41.5 Å². The molecule has 1 aromatic heterocycles. The highest BCUT2D eigenvalue weighted by molar-refractivity contribution is 7.12. The van der Waals surface area contributed by atoms with Crippen LogP contribution in [0.1, 0.15) is 64.1 Å². The summed E-state index contributed by atoms with van der Waals surface area (Å²) in [6, 6.07) is 5.06. The van der Waals surface area contributed by atoms with Crippen molar-refractivity contribution in [3.8, 4) is 0 Å². The van der Waals surface area contributed by atoms with Crippen LogP contribution in [0.5, 0.6) is 0 Å². The quantitative estimate of drug-likeness (QED) is 0.434. The van der Waals surface area contributed by atoms with Gasteiger partial charge < -0.3 is 4.74 Å². The van der Waals surface area contributed by atoms with Crippen LogP contribution in [0.15, 0.2) is 17.5 Å². The molecule has 23 heavy (non-hydrogen) atoms. The summed E-state index contributed by atoms with van der Waals surface area (Å²) in [6.07, 6.45) is 2.00. The first-order valence-corrected chi connectivity index (χ1v) is 12.3. The van der Waals surface area contributed by atoms with Crippen LogP contribution < -0.4 is 0 Å². The first-order valence-electron chi connectivity index (χ1n) is 9.02. The minimum Gasteiger partial charge on any atom is -0.367 e. The Morgan fingerprint density at radius 3 is 2.26 bits per heavy atom. The number of hydrogen-bond acceptors (Lipinski definition) is 3. The van der Waals surface area contributed by atoms with Crippen LogP contribution in [0.4, 0.5) is 0 Å². The van der Waals surface area contributed by atoms with E-state index in [-0.39, 0.29) is 18.0 Å². The number of carbonyl (C=O) groups excluding carboxylic acids is 1. The molecule has 1 fully saturated rings. The standard InChI is InChI=1S/C19H32O2SSi/c1-13(2)23(14(3)4,15(5)6)12-16-9-10-17(21-16)19(20)18-8-7-11-22-18/h7-8,11,13-17H,9-10,12H2,1-6H3/t16-,17-/m1/s1. The maximum Gasteiger partial charge on any atom is 0.201 e. The second-order valence-corrected chi connectivity index (χ2v) is 15.0. The highest BCUT2D eigenvalue weighted by atomic mass is 32.1. The van der Waals surface area contributed by atoms with E-state index >= 15 is 0 Å². The van der Waals surface area contributed by atoms with Gasteiger partial charge in [-0.1, -0.05) is 64.2 Å². The Hall–Kier alpha value is -0.453. The number of rotatable bonds is 7. The minimum absolute atomic E-state index is 0.188. The zero-order valence-electron chi connectivity index (χ0n) is 15.5. The Kier molecular flexibility index (Phi) is 6.26. The van der Waals surface area contributed by atoms with Crippen molar-refractivity contribution in [1.29, 1.82) is 0 Å². The summed E-state index contributed by atoms with van der Waals surface area (Å²) < 4.78 is 6.24. The first-order chi connectivity index (χ1) is 10.8. The van der Waals surface area contributed by atoms with Gasteiger partial charge in [0, 0.05) is 0 Å². The van der Waals surface area contributed by atoms with Crippen LogP contribution in [0.25, 0.3) is 0 Å². The average molecular weight is 353 g/mol. The van der Waals surface area contributed by atoms with E-state index in [9.17, 15) is 4.79 Å². The highest BCUT2D eigenvalue weighted by Crippen LogP contribution is 2.47. The SMILES string of the molecule is CC(C)[Si](C[C@H]1CC[C@H](C(=O)c2cccs2)O1)(C(C)C)C(C)C. The summed E-state index contributed by atoms with van der Waals surface area (Å²) in [6.45, 7) is 14.4. The van der Waals surface area contributed by atoms with Gasteiger partial charge in [0.1, 0.15) is 6.10 Å². The van der Waals surface area contributed by atoms with Gasteiger partial charge in [0.15, 0.2) is 0 Å². The lowest BCUT2D eigenvalue weighted by molar-refractivity contribution is 0.0429. The van der Waals surface area contributed by atoms with Crippen molar-refractivity contribution in [2.75, 3.05) is 0 Å². The number of ether oxygens (including phenoxy) is 1. The van der Waals surface area contributed by atoms with Crippen molar-refractivity contribution < 1.29 is 9.53 Å². The maximum atomic E-state index is 12.5. The van der Waals surface area contributed by atoms with Gasteiger partial charge in [-0.15, -0.1) is 11.3 Å². The van der Waals surface area contributed by atoms with E-state index in [1.165, 1.54) is 17.4 Å². The van der Waals surface area contributed by atoms with Crippen molar-refractivity contribution in [2.24, 2.45) is 0 Å². The summed E-state index contributed by atoms with van der Waals surface area (Å²) in [5, 5.41) is 1.97. The van der Waals surface area contributed by atoms with Crippen molar-refractivity contribution in [3.05, 3.63) is 22.4 Å². The largest absolute Gasteiger partial charge is 0.367 e. The number of ketones is 1. The van der Waals surface area contributed by atoms with Crippen LogP contribution in [-0.2, 0) is 4.74 Å². The zero-order valence-corrected chi connectivity index (χ0v) is 17.3. The van der Waals surface area contributed by atoms with Crippen LogP contribution in [0, 0.1) is 0 Å². The molecule has 1 saturated heterocycles. The fraction of sp³-hybridized carbons (Fsp3) is 0.737. The molecule has 0 N–H and O–H groups in total. The molecule has 4 heteroatoms. The molecule has 2 nitrogen and oxygen atoms in total. The van der Waals surface area contributed by atoms with Crippen LogP contribution in [0.3, 0.4) is 0 Å². The molecule has 0 saturated carbocycles. The Balaban J connectivity index is 2.07. The molecule has 0 aliphatic carbocycles. The van der Waals surface area contributed by atoms with Crippen molar-refractivity contribution in [2.45, 2.75) is 89.3 Å². The summed E-state index contributed by atoms with van der Waals surface area (Å²) >= 11 is 1.53. The molecule has 1 aromatic rings. The molecule has 0 aromatic carbocycles. The number of thiophene rings is 1. The Morgan fingerprint density at radius 2 is 1.78 bits per heavy atom. The molecule has 0 radical (unpaired) electrons. The number of carbonyl (C=O) groups is 1. The lowest BCUT2D eigenvalue weighted by Crippen LogP contribution is -2.47. The van der Waals surface area contributed by atoms with Gasteiger partial charge in [0.2, 0.25) is 5.78 Å². The average Bonchev–Trinajstić information content (AvgIpc) is 3.14. The maximum absolute atomic E-state index is 12.5. The molecule has 1 aliphatic heterocycles. The summed E-state index contributed by atoms with van der Waals surface area (Å²) in [7, 11) is -1.46. The second-order valence-electron chi connectivity index (χ2n) is 7.95. The molecule has 0 amide bonds. The van der Waals surface area contributed by atoms with Gasteiger partial charge in [-0.2, -0.15) is 0 Å².